The topological polar surface area (TPSA) is 26.3 Å². The van der Waals surface area contributed by atoms with Gasteiger partial charge in [0, 0.05) is 0 Å². The van der Waals surface area contributed by atoms with Gasteiger partial charge in [0.25, 0.3) is 0 Å². The molecule has 120 valence electrons. The van der Waals surface area contributed by atoms with Gasteiger partial charge in [0.2, 0.25) is 0 Å². The van der Waals surface area contributed by atoms with Gasteiger partial charge in [0.05, 0.1) is 5.92 Å². The van der Waals surface area contributed by atoms with E-state index >= 15 is 0 Å². The van der Waals surface area contributed by atoms with E-state index in [1.165, 1.54) is 11.1 Å². The van der Waals surface area contributed by atoms with Crippen molar-refractivity contribution in [2.75, 3.05) is 0 Å². The predicted octanol–water partition coefficient (Wildman–Crippen LogP) is 5.39. The molecular formula is C21H24O2. The van der Waals surface area contributed by atoms with Crippen LogP contribution in [0, 0.1) is 18.8 Å². The van der Waals surface area contributed by atoms with E-state index in [1.54, 1.807) is 0 Å². The number of benzene rings is 2. The van der Waals surface area contributed by atoms with Crippen LogP contribution in [0.5, 0.6) is 5.75 Å². The van der Waals surface area contributed by atoms with Crippen molar-refractivity contribution in [3.63, 3.8) is 0 Å². The second-order valence-corrected chi connectivity index (χ2v) is 6.77. The molecule has 0 saturated heterocycles. The predicted molar refractivity (Wildman–Crippen MR) is 93.4 cm³/mol. The van der Waals surface area contributed by atoms with Crippen LogP contribution in [-0.4, -0.2) is 5.97 Å². The van der Waals surface area contributed by atoms with Gasteiger partial charge in [-0.25, -0.2) is 0 Å². The van der Waals surface area contributed by atoms with Gasteiger partial charge in [-0.3, -0.25) is 4.79 Å². The van der Waals surface area contributed by atoms with Gasteiger partial charge in [0.1, 0.15) is 5.75 Å². The van der Waals surface area contributed by atoms with E-state index in [0.717, 1.165) is 37.2 Å². The number of rotatable bonds is 3. The van der Waals surface area contributed by atoms with Crippen molar-refractivity contribution in [3.8, 4) is 16.9 Å². The van der Waals surface area contributed by atoms with Crippen LogP contribution in [0.2, 0.25) is 0 Å². The first-order valence-electron chi connectivity index (χ1n) is 8.50. The number of hydrogen-bond donors (Lipinski definition) is 0. The first kappa shape index (κ1) is 15.8. The van der Waals surface area contributed by atoms with Crippen molar-refractivity contribution in [1.29, 1.82) is 0 Å². The molecule has 1 fully saturated rings. The summed E-state index contributed by atoms with van der Waals surface area (Å²) in [4.78, 5) is 12.2. The van der Waals surface area contributed by atoms with Crippen molar-refractivity contribution >= 4 is 5.97 Å². The third-order valence-corrected chi connectivity index (χ3v) is 4.81. The maximum atomic E-state index is 12.2. The quantitative estimate of drug-likeness (QED) is 0.561. The fourth-order valence-electron chi connectivity index (χ4n) is 3.16. The maximum absolute atomic E-state index is 12.2. The van der Waals surface area contributed by atoms with Gasteiger partial charge >= 0.3 is 5.97 Å². The Bertz CT molecular complexity index is 647. The molecule has 0 unspecified atom stereocenters. The van der Waals surface area contributed by atoms with Crippen molar-refractivity contribution in [3.05, 3.63) is 54.1 Å². The smallest absolute Gasteiger partial charge is 0.314 e. The summed E-state index contributed by atoms with van der Waals surface area (Å²) >= 11 is 0. The molecule has 2 aromatic rings. The molecule has 0 bridgehead atoms. The molecule has 0 amide bonds. The molecular weight excluding hydrogens is 284 g/mol. The molecule has 0 aliphatic heterocycles. The first-order chi connectivity index (χ1) is 11.1. The van der Waals surface area contributed by atoms with Crippen LogP contribution in [0.15, 0.2) is 48.5 Å². The van der Waals surface area contributed by atoms with E-state index in [9.17, 15) is 4.79 Å². The number of hydrogen-bond acceptors (Lipinski definition) is 2. The number of carbonyl (C=O) groups excluding carboxylic acids is 1. The van der Waals surface area contributed by atoms with Gasteiger partial charge in [0.15, 0.2) is 0 Å². The normalized spacial score (nSPS) is 21.0. The minimum atomic E-state index is -0.0695. The molecule has 0 N–H and O–H groups in total. The average molecular weight is 308 g/mol. The lowest BCUT2D eigenvalue weighted by Crippen LogP contribution is -2.24. The van der Waals surface area contributed by atoms with Crippen LogP contribution in [-0.2, 0) is 4.79 Å². The summed E-state index contributed by atoms with van der Waals surface area (Å²) in [5, 5.41) is 0. The van der Waals surface area contributed by atoms with Crippen LogP contribution < -0.4 is 4.74 Å². The van der Waals surface area contributed by atoms with Crippen molar-refractivity contribution in [2.45, 2.75) is 39.5 Å². The number of carbonyl (C=O) groups is 1. The van der Waals surface area contributed by atoms with Crippen LogP contribution in [0.25, 0.3) is 11.1 Å². The van der Waals surface area contributed by atoms with E-state index < -0.39 is 0 Å². The van der Waals surface area contributed by atoms with E-state index in [1.807, 2.05) is 24.3 Å². The molecule has 2 nitrogen and oxygen atoms in total. The Morgan fingerprint density at radius 3 is 1.96 bits per heavy atom. The molecule has 3 rings (SSSR count). The fourth-order valence-corrected chi connectivity index (χ4v) is 3.16. The SMILES string of the molecule is Cc1ccc(-c2ccc(OC(=O)C3CCC(C)CC3)cc2)cc1. The van der Waals surface area contributed by atoms with Crippen LogP contribution in [0.1, 0.15) is 38.2 Å². The van der Waals surface area contributed by atoms with Crippen LogP contribution in [0.3, 0.4) is 0 Å². The molecule has 0 radical (unpaired) electrons. The summed E-state index contributed by atoms with van der Waals surface area (Å²) in [7, 11) is 0. The molecule has 1 aliphatic carbocycles. The van der Waals surface area contributed by atoms with Gasteiger partial charge in [-0.05, 0) is 61.8 Å². The molecule has 1 saturated carbocycles. The highest BCUT2D eigenvalue weighted by atomic mass is 16.5. The minimum Gasteiger partial charge on any atom is -0.426 e. The Morgan fingerprint density at radius 2 is 1.39 bits per heavy atom. The van der Waals surface area contributed by atoms with E-state index in [0.29, 0.717) is 5.75 Å². The minimum absolute atomic E-state index is 0.0695. The number of aryl methyl sites for hydroxylation is 1. The van der Waals surface area contributed by atoms with Gasteiger partial charge < -0.3 is 4.74 Å². The summed E-state index contributed by atoms with van der Waals surface area (Å²) in [5.74, 6) is 1.39. The van der Waals surface area contributed by atoms with Crippen molar-refractivity contribution in [2.24, 2.45) is 11.8 Å². The van der Waals surface area contributed by atoms with Gasteiger partial charge in [-0.15, -0.1) is 0 Å². The Labute approximate surface area is 138 Å². The van der Waals surface area contributed by atoms with Crippen molar-refractivity contribution < 1.29 is 9.53 Å². The monoisotopic (exact) mass is 308 g/mol. The Hall–Kier alpha value is -2.09. The Kier molecular flexibility index (Phi) is 4.80. The first-order valence-corrected chi connectivity index (χ1v) is 8.50. The summed E-state index contributed by atoms with van der Waals surface area (Å²) in [6, 6.07) is 16.2. The standard InChI is InChI=1S/C21H24O2/c1-15-3-7-17(8-4-15)18-11-13-20(14-12-18)23-21(22)19-9-5-16(2)6-10-19/h3-4,7-8,11-14,16,19H,5-6,9-10H2,1-2H3. The lowest BCUT2D eigenvalue weighted by Gasteiger charge is -2.24. The summed E-state index contributed by atoms with van der Waals surface area (Å²) in [6.45, 7) is 4.34. The molecule has 2 aromatic carbocycles. The zero-order valence-corrected chi connectivity index (χ0v) is 13.9. The van der Waals surface area contributed by atoms with E-state index in [4.69, 9.17) is 4.74 Å². The zero-order valence-electron chi connectivity index (χ0n) is 13.9. The van der Waals surface area contributed by atoms with Gasteiger partial charge in [-0.1, -0.05) is 48.9 Å². The highest BCUT2D eigenvalue weighted by Gasteiger charge is 2.25. The highest BCUT2D eigenvalue weighted by Crippen LogP contribution is 2.30. The zero-order chi connectivity index (χ0) is 16.2. The lowest BCUT2D eigenvalue weighted by molar-refractivity contribution is -0.140. The third-order valence-electron chi connectivity index (χ3n) is 4.81. The summed E-state index contributed by atoms with van der Waals surface area (Å²) in [5.41, 5.74) is 3.56. The molecule has 23 heavy (non-hydrogen) atoms. The molecule has 2 heteroatoms. The largest absolute Gasteiger partial charge is 0.426 e. The fraction of sp³-hybridized carbons (Fsp3) is 0.381. The van der Waals surface area contributed by atoms with E-state index in [2.05, 4.69) is 38.1 Å². The third kappa shape index (κ3) is 4.01. The second-order valence-electron chi connectivity index (χ2n) is 6.77. The summed E-state index contributed by atoms with van der Waals surface area (Å²) in [6.07, 6.45) is 4.18. The molecule has 0 spiro atoms. The second kappa shape index (κ2) is 6.99. The van der Waals surface area contributed by atoms with Gasteiger partial charge in [-0.2, -0.15) is 0 Å². The molecule has 0 heterocycles. The van der Waals surface area contributed by atoms with E-state index in [-0.39, 0.29) is 11.9 Å². The maximum Gasteiger partial charge on any atom is 0.314 e. The average Bonchev–Trinajstić information content (AvgIpc) is 2.57. The summed E-state index contributed by atoms with van der Waals surface area (Å²) < 4.78 is 5.56. The lowest BCUT2D eigenvalue weighted by atomic mass is 9.83. The highest BCUT2D eigenvalue weighted by molar-refractivity contribution is 5.75. The van der Waals surface area contributed by atoms with Crippen molar-refractivity contribution in [1.82, 2.24) is 0 Å². The van der Waals surface area contributed by atoms with Crippen LogP contribution >= 0.6 is 0 Å². The molecule has 0 aromatic heterocycles. The Balaban J connectivity index is 1.63. The number of esters is 1. The number of ether oxygens (including phenoxy) is 1. The Morgan fingerprint density at radius 1 is 0.870 bits per heavy atom. The molecule has 0 atom stereocenters. The molecule has 1 aliphatic rings. The van der Waals surface area contributed by atoms with Crippen LogP contribution in [0.4, 0.5) is 0 Å².